The van der Waals surface area contributed by atoms with E-state index >= 15 is 0 Å². The van der Waals surface area contributed by atoms with Gasteiger partial charge in [-0.1, -0.05) is 11.6 Å². The van der Waals surface area contributed by atoms with E-state index in [9.17, 15) is 27.9 Å². The van der Waals surface area contributed by atoms with Crippen LogP contribution < -0.4 is 11.2 Å². The predicted molar refractivity (Wildman–Crippen MR) is 92.6 cm³/mol. The van der Waals surface area contributed by atoms with Gasteiger partial charge >= 0.3 is 11.9 Å². The number of alkyl halides is 3. The maximum Gasteiger partial charge on any atom is 0.416 e. The molecule has 3 rings (SSSR count). The lowest BCUT2D eigenvalue weighted by atomic mass is 10.1. The average molecular weight is 401 g/mol. The van der Waals surface area contributed by atoms with Gasteiger partial charge in [-0.05, 0) is 36.4 Å². The molecule has 0 amide bonds. The zero-order valence-electron chi connectivity index (χ0n) is 13.5. The van der Waals surface area contributed by atoms with E-state index in [0.717, 1.165) is 16.7 Å². The van der Waals surface area contributed by atoms with Crippen LogP contribution >= 0.6 is 11.6 Å². The van der Waals surface area contributed by atoms with Crippen molar-refractivity contribution in [1.82, 2.24) is 9.13 Å². The highest BCUT2D eigenvalue weighted by atomic mass is 35.5. The van der Waals surface area contributed by atoms with E-state index in [2.05, 4.69) is 0 Å². The molecule has 0 fully saturated rings. The summed E-state index contributed by atoms with van der Waals surface area (Å²) in [7, 11) is 0. The van der Waals surface area contributed by atoms with Crippen molar-refractivity contribution in [3.8, 4) is 11.4 Å². The minimum atomic E-state index is -4.69. The molecule has 0 aliphatic heterocycles. The molecule has 3 aromatic rings. The molecule has 0 unspecified atom stereocenters. The Kier molecular flexibility index (Phi) is 4.75. The number of aliphatic hydroxyl groups is 1. The highest BCUT2D eigenvalue weighted by Gasteiger charge is 2.31. The van der Waals surface area contributed by atoms with Gasteiger partial charge in [-0.3, -0.25) is 13.9 Å². The van der Waals surface area contributed by atoms with Gasteiger partial charge < -0.3 is 10.2 Å². The summed E-state index contributed by atoms with van der Waals surface area (Å²) in [6.07, 6.45) is -4.69. The molecule has 142 valence electrons. The Labute approximate surface area is 154 Å². The van der Waals surface area contributed by atoms with Crippen LogP contribution in [0.5, 0.6) is 5.75 Å². The molecule has 0 bridgehead atoms. The Balaban J connectivity index is 2.51. The normalized spacial score (nSPS) is 11.9. The first kappa shape index (κ1) is 19.0. The minimum Gasteiger partial charge on any atom is -0.506 e. The zero-order valence-corrected chi connectivity index (χ0v) is 14.3. The Bertz CT molecular complexity index is 1150. The summed E-state index contributed by atoms with van der Waals surface area (Å²) in [5.74, 6) is -0.364. The molecule has 0 atom stereocenters. The van der Waals surface area contributed by atoms with Crippen LogP contribution in [0.2, 0.25) is 5.02 Å². The molecule has 0 saturated carbocycles. The van der Waals surface area contributed by atoms with Gasteiger partial charge in [0, 0.05) is 5.02 Å². The number of aromatic hydroxyl groups is 1. The first-order chi connectivity index (χ1) is 12.6. The molecule has 0 radical (unpaired) electrons. The van der Waals surface area contributed by atoms with E-state index in [1.165, 1.54) is 18.2 Å². The lowest BCUT2D eigenvalue weighted by molar-refractivity contribution is -0.137. The van der Waals surface area contributed by atoms with Gasteiger partial charge in [-0.25, -0.2) is 4.79 Å². The molecule has 0 aliphatic rings. The lowest BCUT2D eigenvalue weighted by Gasteiger charge is -2.16. The van der Waals surface area contributed by atoms with Crippen molar-refractivity contribution in [2.75, 3.05) is 6.61 Å². The summed E-state index contributed by atoms with van der Waals surface area (Å²) >= 11 is 5.90. The maximum absolute atomic E-state index is 13.0. The number of benzene rings is 2. The standard InChI is InChI=1S/C17H12ClF3N2O4/c18-10-2-4-14(25)13(8-10)23-12-3-1-9(17(19,20)21)7-11(12)15(26)22(5-6-24)16(23)27/h1-4,7-8,24-25H,5-6H2. The highest BCUT2D eigenvalue weighted by molar-refractivity contribution is 6.30. The second-order valence-corrected chi connectivity index (χ2v) is 6.10. The first-order valence-corrected chi connectivity index (χ1v) is 7.99. The summed E-state index contributed by atoms with van der Waals surface area (Å²) in [6.45, 7) is -1.01. The summed E-state index contributed by atoms with van der Waals surface area (Å²) in [5, 5.41) is 19.0. The summed E-state index contributed by atoms with van der Waals surface area (Å²) in [5.41, 5.74) is -3.22. The second-order valence-electron chi connectivity index (χ2n) is 5.66. The van der Waals surface area contributed by atoms with Crippen molar-refractivity contribution in [1.29, 1.82) is 0 Å². The van der Waals surface area contributed by atoms with Gasteiger partial charge in [0.1, 0.15) is 5.75 Å². The Hall–Kier alpha value is -2.78. The number of hydrogen-bond donors (Lipinski definition) is 2. The molecule has 2 N–H and O–H groups in total. The maximum atomic E-state index is 13.0. The SMILES string of the molecule is O=c1c2cc(C(F)(F)F)ccc2n(-c2cc(Cl)ccc2O)c(=O)n1CCO. The molecule has 0 saturated heterocycles. The molecule has 10 heteroatoms. The molecule has 1 heterocycles. The molecule has 2 aromatic carbocycles. The summed E-state index contributed by atoms with van der Waals surface area (Å²) < 4.78 is 40.6. The number of rotatable bonds is 3. The van der Waals surface area contributed by atoms with E-state index < -0.39 is 41.5 Å². The number of phenols is 1. The molecule has 6 nitrogen and oxygen atoms in total. The fourth-order valence-electron chi connectivity index (χ4n) is 2.74. The largest absolute Gasteiger partial charge is 0.506 e. The topological polar surface area (TPSA) is 84.5 Å². The molecular weight excluding hydrogens is 389 g/mol. The number of aliphatic hydroxyl groups excluding tert-OH is 1. The van der Waals surface area contributed by atoms with Crippen LogP contribution in [0.25, 0.3) is 16.6 Å². The smallest absolute Gasteiger partial charge is 0.416 e. The zero-order chi connectivity index (χ0) is 19.9. The predicted octanol–water partition coefficient (Wildman–Crippen LogP) is 2.52. The first-order valence-electron chi connectivity index (χ1n) is 7.61. The van der Waals surface area contributed by atoms with Crippen LogP contribution in [-0.2, 0) is 12.7 Å². The number of phenolic OH excluding ortho intramolecular Hbond substituents is 1. The summed E-state index contributed by atoms with van der Waals surface area (Å²) in [6, 6.07) is 6.15. The van der Waals surface area contributed by atoms with Gasteiger partial charge in [0.2, 0.25) is 0 Å². The Morgan fingerprint density at radius 3 is 2.41 bits per heavy atom. The van der Waals surface area contributed by atoms with Crippen LogP contribution in [0.15, 0.2) is 46.0 Å². The van der Waals surface area contributed by atoms with Crippen LogP contribution in [0.4, 0.5) is 13.2 Å². The van der Waals surface area contributed by atoms with E-state index in [0.29, 0.717) is 10.6 Å². The van der Waals surface area contributed by atoms with Crippen LogP contribution in [0, 0.1) is 0 Å². The molecule has 1 aromatic heterocycles. The molecule has 0 spiro atoms. The van der Waals surface area contributed by atoms with Crippen molar-refractivity contribution >= 4 is 22.5 Å². The molecule has 0 aliphatic carbocycles. The lowest BCUT2D eigenvalue weighted by Crippen LogP contribution is -2.40. The van der Waals surface area contributed by atoms with Crippen molar-refractivity contribution in [3.05, 3.63) is 67.8 Å². The number of nitrogens with zero attached hydrogens (tertiary/aromatic N) is 2. The fourth-order valence-corrected chi connectivity index (χ4v) is 2.91. The van der Waals surface area contributed by atoms with E-state index in [4.69, 9.17) is 16.7 Å². The van der Waals surface area contributed by atoms with Crippen LogP contribution in [0.1, 0.15) is 5.56 Å². The molecular formula is C17H12ClF3N2O4. The third-order valence-corrected chi connectivity index (χ3v) is 4.20. The monoisotopic (exact) mass is 400 g/mol. The van der Waals surface area contributed by atoms with Crippen LogP contribution in [0.3, 0.4) is 0 Å². The quantitative estimate of drug-likeness (QED) is 0.707. The van der Waals surface area contributed by atoms with Gasteiger partial charge in [0.25, 0.3) is 5.56 Å². The highest BCUT2D eigenvalue weighted by Crippen LogP contribution is 2.32. The van der Waals surface area contributed by atoms with Crippen molar-refractivity contribution in [3.63, 3.8) is 0 Å². The van der Waals surface area contributed by atoms with Crippen molar-refractivity contribution in [2.45, 2.75) is 12.7 Å². The van der Waals surface area contributed by atoms with E-state index in [1.807, 2.05) is 0 Å². The van der Waals surface area contributed by atoms with Crippen LogP contribution in [-0.4, -0.2) is 26.0 Å². The minimum absolute atomic E-state index is 0.107. The Morgan fingerprint density at radius 2 is 1.78 bits per heavy atom. The average Bonchev–Trinajstić information content (AvgIpc) is 2.60. The number of aromatic nitrogens is 2. The number of halogens is 4. The Morgan fingerprint density at radius 1 is 1.07 bits per heavy atom. The second kappa shape index (κ2) is 6.75. The fraction of sp³-hybridized carbons (Fsp3) is 0.176. The number of hydrogen-bond acceptors (Lipinski definition) is 4. The van der Waals surface area contributed by atoms with Gasteiger partial charge in [0.15, 0.2) is 0 Å². The van der Waals surface area contributed by atoms with Gasteiger partial charge in [0.05, 0.1) is 35.3 Å². The van der Waals surface area contributed by atoms with Gasteiger partial charge in [-0.15, -0.1) is 0 Å². The third-order valence-electron chi connectivity index (χ3n) is 3.96. The molecule has 27 heavy (non-hydrogen) atoms. The van der Waals surface area contributed by atoms with E-state index in [1.54, 1.807) is 0 Å². The van der Waals surface area contributed by atoms with E-state index in [-0.39, 0.29) is 22.0 Å². The van der Waals surface area contributed by atoms with Crippen molar-refractivity contribution in [2.24, 2.45) is 0 Å². The number of fused-ring (bicyclic) bond motifs is 1. The third kappa shape index (κ3) is 3.31. The van der Waals surface area contributed by atoms with Crippen molar-refractivity contribution < 1.29 is 23.4 Å². The van der Waals surface area contributed by atoms with Gasteiger partial charge in [-0.2, -0.15) is 13.2 Å². The summed E-state index contributed by atoms with van der Waals surface area (Å²) in [4.78, 5) is 25.3.